The maximum Gasteiger partial charge on any atom is 0.323 e. The molecule has 0 spiro atoms. The molecule has 1 aliphatic rings. The van der Waals surface area contributed by atoms with Crippen molar-refractivity contribution < 1.29 is 9.53 Å². The summed E-state index contributed by atoms with van der Waals surface area (Å²) in [4.78, 5) is 14.8. The molecule has 0 aliphatic carbocycles. The Labute approximate surface area is 187 Å². The zero-order valence-corrected chi connectivity index (χ0v) is 18.4. The Kier molecular flexibility index (Phi) is 6.44. The van der Waals surface area contributed by atoms with Crippen molar-refractivity contribution in [2.24, 2.45) is 7.05 Å². The summed E-state index contributed by atoms with van der Waals surface area (Å²) in [5.41, 5.74) is 3.09. The predicted molar refractivity (Wildman–Crippen MR) is 124 cm³/mol. The summed E-state index contributed by atoms with van der Waals surface area (Å²) in [5.74, 6) is 0.791. The van der Waals surface area contributed by atoms with Crippen LogP contribution >= 0.6 is 11.6 Å². The molecule has 2 heterocycles. The third kappa shape index (κ3) is 5.37. The molecular formula is C23H26ClN5O2. The monoisotopic (exact) mass is 439 g/mol. The van der Waals surface area contributed by atoms with E-state index >= 15 is 0 Å². The van der Waals surface area contributed by atoms with Gasteiger partial charge in [-0.25, -0.2) is 4.79 Å². The highest BCUT2D eigenvalue weighted by molar-refractivity contribution is 6.30. The lowest BCUT2D eigenvalue weighted by atomic mass is 10.1. The Balaban J connectivity index is 1.54. The van der Waals surface area contributed by atoms with Crippen molar-refractivity contribution in [1.82, 2.24) is 14.7 Å². The minimum Gasteiger partial charge on any atom is -0.490 e. The first-order chi connectivity index (χ1) is 15.0. The van der Waals surface area contributed by atoms with Gasteiger partial charge in [-0.1, -0.05) is 17.7 Å². The number of nitrogens with zero attached hydrogens (tertiary/aromatic N) is 3. The number of nitrogens with one attached hydrogen (secondary N) is 2. The van der Waals surface area contributed by atoms with E-state index in [0.29, 0.717) is 16.4 Å². The van der Waals surface area contributed by atoms with Crippen LogP contribution in [0.1, 0.15) is 12.8 Å². The fourth-order valence-electron chi connectivity index (χ4n) is 3.69. The molecule has 0 atom stereocenters. The number of piperidine rings is 1. The van der Waals surface area contributed by atoms with Crippen LogP contribution in [0.25, 0.3) is 11.3 Å². The molecule has 1 fully saturated rings. The third-order valence-electron chi connectivity index (χ3n) is 5.38. The second kappa shape index (κ2) is 9.41. The molecule has 0 unspecified atom stereocenters. The smallest absolute Gasteiger partial charge is 0.323 e. The molecule has 0 saturated carbocycles. The first-order valence-electron chi connectivity index (χ1n) is 10.3. The van der Waals surface area contributed by atoms with Crippen molar-refractivity contribution in [1.29, 1.82) is 0 Å². The number of aromatic nitrogens is 2. The highest BCUT2D eigenvalue weighted by atomic mass is 35.5. The van der Waals surface area contributed by atoms with E-state index in [4.69, 9.17) is 16.3 Å². The first kappa shape index (κ1) is 21.2. The van der Waals surface area contributed by atoms with Crippen LogP contribution in [-0.2, 0) is 7.05 Å². The zero-order chi connectivity index (χ0) is 21.8. The van der Waals surface area contributed by atoms with Gasteiger partial charge < -0.3 is 20.3 Å². The van der Waals surface area contributed by atoms with Crippen LogP contribution in [0.15, 0.2) is 54.7 Å². The van der Waals surface area contributed by atoms with E-state index in [1.807, 2.05) is 31.3 Å². The van der Waals surface area contributed by atoms with E-state index in [2.05, 4.69) is 27.7 Å². The first-order valence-corrected chi connectivity index (χ1v) is 10.7. The van der Waals surface area contributed by atoms with Crippen molar-refractivity contribution >= 4 is 29.0 Å². The minimum atomic E-state index is -0.345. The molecule has 1 saturated heterocycles. The largest absolute Gasteiger partial charge is 0.490 e. The second-order valence-corrected chi connectivity index (χ2v) is 8.20. The minimum absolute atomic E-state index is 0.174. The number of aryl methyl sites for hydroxylation is 1. The van der Waals surface area contributed by atoms with E-state index < -0.39 is 0 Å². The molecule has 0 radical (unpaired) electrons. The number of urea groups is 1. The van der Waals surface area contributed by atoms with Gasteiger partial charge in [0.15, 0.2) is 0 Å². The molecule has 162 valence electrons. The second-order valence-electron chi connectivity index (χ2n) is 7.76. The summed E-state index contributed by atoms with van der Waals surface area (Å²) < 4.78 is 8.17. The maximum atomic E-state index is 12.5. The van der Waals surface area contributed by atoms with Gasteiger partial charge in [-0.2, -0.15) is 5.10 Å². The van der Waals surface area contributed by atoms with Crippen LogP contribution in [0, 0.1) is 0 Å². The highest BCUT2D eigenvalue weighted by Crippen LogP contribution is 2.34. The number of carbonyl (C=O) groups excluding carboxylic acids is 1. The number of likely N-dealkylation sites (tertiary alicyclic amines) is 1. The Morgan fingerprint density at radius 1 is 1.06 bits per heavy atom. The quantitative estimate of drug-likeness (QED) is 0.595. The van der Waals surface area contributed by atoms with Crippen LogP contribution in [0.5, 0.6) is 5.75 Å². The number of hydrogen-bond donors (Lipinski definition) is 2. The number of halogens is 1. The lowest BCUT2D eigenvalue weighted by Crippen LogP contribution is -2.35. The van der Waals surface area contributed by atoms with E-state index in [1.54, 1.807) is 35.1 Å². The number of anilines is 2. The summed E-state index contributed by atoms with van der Waals surface area (Å²) in [6.07, 6.45) is 3.90. The van der Waals surface area contributed by atoms with Crippen LogP contribution in [0.4, 0.5) is 16.2 Å². The van der Waals surface area contributed by atoms with Gasteiger partial charge in [0.25, 0.3) is 0 Å². The molecule has 1 aliphatic heterocycles. The van der Waals surface area contributed by atoms with E-state index in [9.17, 15) is 4.79 Å². The number of ether oxygens (including phenoxy) is 1. The Bertz CT molecular complexity index is 1060. The van der Waals surface area contributed by atoms with Crippen LogP contribution in [0.2, 0.25) is 5.02 Å². The van der Waals surface area contributed by atoms with Gasteiger partial charge in [-0.05, 0) is 62.4 Å². The molecule has 7 nitrogen and oxygen atoms in total. The number of carbonyl (C=O) groups is 1. The Morgan fingerprint density at radius 2 is 1.81 bits per heavy atom. The molecule has 2 amide bonds. The maximum absolute atomic E-state index is 12.5. The summed E-state index contributed by atoms with van der Waals surface area (Å²) in [6.45, 7) is 2.05. The van der Waals surface area contributed by atoms with Gasteiger partial charge in [0.05, 0.1) is 5.69 Å². The topological polar surface area (TPSA) is 71.4 Å². The van der Waals surface area contributed by atoms with Gasteiger partial charge in [0, 0.05) is 48.3 Å². The standard InChI is InChI=1S/C23H26ClN5O2/c1-28-12-9-19(10-13-28)31-22-7-6-18(15-20(22)21-8-11-25-29(21)2)27-23(30)26-17-5-3-4-16(24)14-17/h3-8,11,14-15,19H,9-10,12-13H2,1-2H3,(H2,26,27,30). The molecule has 1 aromatic heterocycles. The van der Waals surface area contributed by atoms with Gasteiger partial charge in [0.1, 0.15) is 11.9 Å². The number of rotatable bonds is 5. The van der Waals surface area contributed by atoms with Crippen molar-refractivity contribution in [2.45, 2.75) is 18.9 Å². The van der Waals surface area contributed by atoms with E-state index in [0.717, 1.165) is 42.9 Å². The Hall–Kier alpha value is -3.03. The molecule has 2 N–H and O–H groups in total. The molecule has 31 heavy (non-hydrogen) atoms. The summed E-state index contributed by atoms with van der Waals surface area (Å²) in [7, 11) is 4.02. The lowest BCUT2D eigenvalue weighted by Gasteiger charge is -2.30. The summed E-state index contributed by atoms with van der Waals surface area (Å²) in [6, 6.07) is 14.3. The van der Waals surface area contributed by atoms with Gasteiger partial charge >= 0.3 is 6.03 Å². The average molecular weight is 440 g/mol. The summed E-state index contributed by atoms with van der Waals surface area (Å²) in [5, 5.41) is 10.5. The molecule has 3 aromatic rings. The molecule has 2 aromatic carbocycles. The van der Waals surface area contributed by atoms with Crippen molar-refractivity contribution in [3.63, 3.8) is 0 Å². The fraction of sp³-hybridized carbons (Fsp3) is 0.304. The van der Waals surface area contributed by atoms with Crippen LogP contribution in [-0.4, -0.2) is 47.0 Å². The highest BCUT2D eigenvalue weighted by Gasteiger charge is 2.21. The predicted octanol–water partition coefficient (Wildman–Crippen LogP) is 4.86. The van der Waals surface area contributed by atoms with Gasteiger partial charge in [0.2, 0.25) is 0 Å². The summed E-state index contributed by atoms with van der Waals surface area (Å²) >= 11 is 5.99. The molecular weight excluding hydrogens is 414 g/mol. The number of hydrogen-bond acceptors (Lipinski definition) is 4. The lowest BCUT2D eigenvalue weighted by molar-refractivity contribution is 0.115. The third-order valence-corrected chi connectivity index (χ3v) is 5.61. The van der Waals surface area contributed by atoms with Crippen molar-refractivity contribution in [2.75, 3.05) is 30.8 Å². The van der Waals surface area contributed by atoms with Crippen LogP contribution in [0.3, 0.4) is 0 Å². The van der Waals surface area contributed by atoms with Gasteiger partial charge in [-0.3, -0.25) is 4.68 Å². The molecule has 0 bridgehead atoms. The van der Waals surface area contributed by atoms with E-state index in [-0.39, 0.29) is 12.1 Å². The van der Waals surface area contributed by atoms with E-state index in [1.165, 1.54) is 0 Å². The molecule has 4 rings (SSSR count). The Morgan fingerprint density at radius 3 is 2.48 bits per heavy atom. The van der Waals surface area contributed by atoms with Gasteiger partial charge in [-0.15, -0.1) is 0 Å². The average Bonchev–Trinajstić information content (AvgIpc) is 3.16. The van der Waals surface area contributed by atoms with Crippen molar-refractivity contribution in [3.8, 4) is 17.0 Å². The van der Waals surface area contributed by atoms with Crippen molar-refractivity contribution in [3.05, 3.63) is 59.8 Å². The zero-order valence-electron chi connectivity index (χ0n) is 17.6. The SMILES string of the molecule is CN1CCC(Oc2ccc(NC(=O)Nc3cccc(Cl)c3)cc2-c2ccnn2C)CC1. The normalized spacial score (nSPS) is 14.9. The number of amides is 2. The molecule has 8 heteroatoms. The van der Waals surface area contributed by atoms with Crippen LogP contribution < -0.4 is 15.4 Å². The fourth-order valence-corrected chi connectivity index (χ4v) is 3.88. The number of benzene rings is 2.